The summed E-state index contributed by atoms with van der Waals surface area (Å²) in [6.45, 7) is 4.30. The molecule has 19 heavy (non-hydrogen) atoms. The van der Waals surface area contributed by atoms with E-state index >= 15 is 0 Å². The quantitative estimate of drug-likeness (QED) is 0.881. The number of hydrogen-bond donors (Lipinski definition) is 1. The molecule has 102 valence electrons. The third kappa shape index (κ3) is 4.89. The number of nitrogens with zero attached hydrogens (tertiary/aromatic N) is 1. The highest BCUT2D eigenvalue weighted by Gasteiger charge is 2.01. The largest absolute Gasteiger partial charge is 0.494 e. The normalized spacial score (nSPS) is 9.74. The van der Waals surface area contributed by atoms with Crippen LogP contribution in [0.15, 0.2) is 48.8 Å². The molecular formula is C15H19ClN2O. The van der Waals surface area contributed by atoms with Gasteiger partial charge in [-0.3, -0.25) is 4.98 Å². The number of rotatable bonds is 6. The Labute approximate surface area is 120 Å². The fourth-order valence-electron chi connectivity index (χ4n) is 1.79. The fraction of sp³-hybridized carbons (Fsp3) is 0.267. The van der Waals surface area contributed by atoms with Crippen molar-refractivity contribution in [2.45, 2.75) is 20.0 Å². The van der Waals surface area contributed by atoms with Gasteiger partial charge in [0.2, 0.25) is 0 Å². The van der Waals surface area contributed by atoms with Crippen LogP contribution in [0.3, 0.4) is 0 Å². The molecule has 1 aromatic heterocycles. The molecule has 3 nitrogen and oxygen atoms in total. The van der Waals surface area contributed by atoms with E-state index in [0.29, 0.717) is 6.61 Å². The Morgan fingerprint density at radius 2 is 1.95 bits per heavy atom. The first-order chi connectivity index (χ1) is 8.90. The summed E-state index contributed by atoms with van der Waals surface area (Å²) in [7, 11) is 0. The van der Waals surface area contributed by atoms with Crippen LogP contribution in [0.5, 0.6) is 5.75 Å². The maximum absolute atomic E-state index is 5.59. The van der Waals surface area contributed by atoms with Crippen molar-refractivity contribution in [2.75, 3.05) is 6.61 Å². The van der Waals surface area contributed by atoms with Crippen molar-refractivity contribution in [3.63, 3.8) is 0 Å². The van der Waals surface area contributed by atoms with Crippen molar-refractivity contribution in [3.05, 3.63) is 59.9 Å². The molecule has 0 saturated carbocycles. The second kappa shape index (κ2) is 8.51. The number of halogens is 1. The third-order valence-electron chi connectivity index (χ3n) is 2.64. The molecule has 0 unspecified atom stereocenters. The molecule has 0 radical (unpaired) electrons. The Morgan fingerprint density at radius 3 is 2.68 bits per heavy atom. The molecule has 1 N–H and O–H groups in total. The van der Waals surface area contributed by atoms with Gasteiger partial charge in [0.15, 0.2) is 0 Å². The standard InChI is InChI=1S/C15H18N2O.ClH/c1-2-18-15-8-4-3-7-14(15)12-17-11-13-6-5-9-16-10-13;/h3-10,17H,2,11-12H2,1H3;1H. The van der Waals surface area contributed by atoms with Gasteiger partial charge >= 0.3 is 0 Å². The first-order valence-corrected chi connectivity index (χ1v) is 6.20. The van der Waals surface area contributed by atoms with E-state index in [2.05, 4.69) is 22.4 Å². The lowest BCUT2D eigenvalue weighted by molar-refractivity contribution is 0.335. The molecule has 2 rings (SSSR count). The smallest absolute Gasteiger partial charge is 0.123 e. The number of aromatic nitrogens is 1. The van der Waals surface area contributed by atoms with Crippen molar-refractivity contribution < 1.29 is 4.74 Å². The summed E-state index contributed by atoms with van der Waals surface area (Å²) in [5.41, 5.74) is 2.37. The Morgan fingerprint density at radius 1 is 1.11 bits per heavy atom. The second-order valence-electron chi connectivity index (χ2n) is 4.01. The lowest BCUT2D eigenvalue weighted by Gasteiger charge is -2.10. The molecule has 1 heterocycles. The van der Waals surface area contributed by atoms with Gasteiger partial charge in [0, 0.05) is 31.0 Å². The molecule has 0 amide bonds. The zero-order chi connectivity index (χ0) is 12.6. The van der Waals surface area contributed by atoms with Crippen LogP contribution in [0.2, 0.25) is 0 Å². The minimum Gasteiger partial charge on any atom is -0.494 e. The minimum atomic E-state index is 0. The van der Waals surface area contributed by atoms with Crippen LogP contribution in [-0.2, 0) is 13.1 Å². The van der Waals surface area contributed by atoms with Crippen LogP contribution in [0, 0.1) is 0 Å². The van der Waals surface area contributed by atoms with Crippen molar-refractivity contribution in [2.24, 2.45) is 0 Å². The maximum Gasteiger partial charge on any atom is 0.123 e. The van der Waals surface area contributed by atoms with E-state index < -0.39 is 0 Å². The van der Waals surface area contributed by atoms with Gasteiger partial charge in [-0.2, -0.15) is 0 Å². The zero-order valence-electron chi connectivity index (χ0n) is 11.0. The van der Waals surface area contributed by atoms with Crippen molar-refractivity contribution in [1.29, 1.82) is 0 Å². The number of benzene rings is 1. The molecule has 0 bridgehead atoms. The molecule has 0 aliphatic carbocycles. The summed E-state index contributed by atoms with van der Waals surface area (Å²) in [6.07, 6.45) is 3.66. The third-order valence-corrected chi connectivity index (χ3v) is 2.64. The number of pyridine rings is 1. The van der Waals surface area contributed by atoms with Crippen LogP contribution in [-0.4, -0.2) is 11.6 Å². The zero-order valence-corrected chi connectivity index (χ0v) is 11.8. The summed E-state index contributed by atoms with van der Waals surface area (Å²) < 4.78 is 5.59. The molecule has 0 aliphatic heterocycles. The van der Waals surface area contributed by atoms with Gasteiger partial charge in [-0.15, -0.1) is 12.4 Å². The number of nitrogens with one attached hydrogen (secondary N) is 1. The molecule has 0 fully saturated rings. The molecule has 0 aliphatic rings. The Bertz CT molecular complexity index is 477. The molecular weight excluding hydrogens is 260 g/mol. The van der Waals surface area contributed by atoms with E-state index in [1.165, 1.54) is 11.1 Å². The van der Waals surface area contributed by atoms with Crippen LogP contribution < -0.4 is 10.1 Å². The molecule has 4 heteroatoms. The van der Waals surface area contributed by atoms with Crippen molar-refractivity contribution in [1.82, 2.24) is 10.3 Å². The highest BCUT2D eigenvalue weighted by Crippen LogP contribution is 2.17. The van der Waals surface area contributed by atoms with Crippen LogP contribution in [0.1, 0.15) is 18.1 Å². The summed E-state index contributed by atoms with van der Waals surface area (Å²) in [6, 6.07) is 12.1. The molecule has 0 atom stereocenters. The number of hydrogen-bond acceptors (Lipinski definition) is 3. The average Bonchev–Trinajstić information content (AvgIpc) is 2.42. The van der Waals surface area contributed by atoms with Crippen molar-refractivity contribution in [3.8, 4) is 5.75 Å². The maximum atomic E-state index is 5.59. The summed E-state index contributed by atoms with van der Waals surface area (Å²) in [5, 5.41) is 3.40. The van der Waals surface area contributed by atoms with Gasteiger partial charge in [-0.05, 0) is 24.6 Å². The van der Waals surface area contributed by atoms with Gasteiger partial charge in [0.1, 0.15) is 5.75 Å². The summed E-state index contributed by atoms with van der Waals surface area (Å²) in [5.74, 6) is 0.957. The van der Waals surface area contributed by atoms with E-state index in [1.54, 1.807) is 6.20 Å². The van der Waals surface area contributed by atoms with E-state index in [9.17, 15) is 0 Å². The van der Waals surface area contributed by atoms with Gasteiger partial charge < -0.3 is 10.1 Å². The van der Waals surface area contributed by atoms with Crippen LogP contribution >= 0.6 is 12.4 Å². The Kier molecular flexibility index (Phi) is 6.93. The van der Waals surface area contributed by atoms with Gasteiger partial charge in [0.25, 0.3) is 0 Å². The highest BCUT2D eigenvalue weighted by molar-refractivity contribution is 5.85. The Hall–Kier alpha value is -1.58. The number of para-hydroxylation sites is 1. The summed E-state index contributed by atoms with van der Waals surface area (Å²) >= 11 is 0. The topological polar surface area (TPSA) is 34.1 Å². The lowest BCUT2D eigenvalue weighted by Crippen LogP contribution is -2.13. The van der Waals surface area contributed by atoms with Gasteiger partial charge in [-0.25, -0.2) is 0 Å². The van der Waals surface area contributed by atoms with Crippen LogP contribution in [0.4, 0.5) is 0 Å². The van der Waals surface area contributed by atoms with Crippen molar-refractivity contribution >= 4 is 12.4 Å². The predicted molar refractivity (Wildman–Crippen MR) is 79.6 cm³/mol. The van der Waals surface area contributed by atoms with E-state index in [0.717, 1.165) is 18.8 Å². The van der Waals surface area contributed by atoms with E-state index in [1.807, 2.05) is 37.4 Å². The van der Waals surface area contributed by atoms with Gasteiger partial charge in [0.05, 0.1) is 6.61 Å². The minimum absolute atomic E-state index is 0. The first kappa shape index (κ1) is 15.5. The monoisotopic (exact) mass is 278 g/mol. The van der Waals surface area contributed by atoms with E-state index in [4.69, 9.17) is 4.74 Å². The molecule has 0 spiro atoms. The fourth-order valence-corrected chi connectivity index (χ4v) is 1.79. The van der Waals surface area contributed by atoms with Gasteiger partial charge in [-0.1, -0.05) is 24.3 Å². The van der Waals surface area contributed by atoms with E-state index in [-0.39, 0.29) is 12.4 Å². The molecule has 2 aromatic rings. The van der Waals surface area contributed by atoms with Crippen LogP contribution in [0.25, 0.3) is 0 Å². The number of ether oxygens (including phenoxy) is 1. The molecule has 1 aromatic carbocycles. The second-order valence-corrected chi connectivity index (χ2v) is 4.01. The Balaban J connectivity index is 0.00000180. The average molecular weight is 279 g/mol. The summed E-state index contributed by atoms with van der Waals surface area (Å²) in [4.78, 5) is 4.09. The lowest BCUT2D eigenvalue weighted by atomic mass is 10.2. The molecule has 0 saturated heterocycles. The predicted octanol–water partition coefficient (Wildman–Crippen LogP) is 3.19. The highest BCUT2D eigenvalue weighted by atomic mass is 35.5. The SMILES string of the molecule is CCOc1ccccc1CNCc1cccnc1.Cl. The first-order valence-electron chi connectivity index (χ1n) is 6.20.